The van der Waals surface area contributed by atoms with Crippen molar-refractivity contribution in [3.05, 3.63) is 42.1 Å². The molecule has 0 unspecified atom stereocenters. The largest absolute Gasteiger partial charge is 0.383 e. The number of rotatable bonds is 6. The zero-order valence-electron chi connectivity index (χ0n) is 14.6. The van der Waals surface area contributed by atoms with Gasteiger partial charge < -0.3 is 15.4 Å². The van der Waals surface area contributed by atoms with E-state index >= 15 is 0 Å². The van der Waals surface area contributed by atoms with Gasteiger partial charge >= 0.3 is 0 Å². The molecule has 0 saturated carbocycles. The van der Waals surface area contributed by atoms with Gasteiger partial charge in [0.25, 0.3) is 5.91 Å². The summed E-state index contributed by atoms with van der Waals surface area (Å²) in [5, 5.41) is 6.08. The van der Waals surface area contributed by atoms with Gasteiger partial charge in [-0.3, -0.25) is 4.79 Å². The number of amides is 1. The molecule has 2 rings (SSSR count). The summed E-state index contributed by atoms with van der Waals surface area (Å²) in [5.41, 5.74) is 1.01. The van der Waals surface area contributed by atoms with Crippen LogP contribution in [0.5, 0.6) is 0 Å². The SMILES string of the molecule is COCCNC(=O)c1cc(NC(C)(C)C)nc(-c2ccccc2)n1. The van der Waals surface area contributed by atoms with Gasteiger partial charge in [-0.15, -0.1) is 0 Å². The first-order chi connectivity index (χ1) is 11.4. The number of hydrogen-bond donors (Lipinski definition) is 2. The summed E-state index contributed by atoms with van der Waals surface area (Å²) in [6, 6.07) is 11.3. The highest BCUT2D eigenvalue weighted by atomic mass is 16.5. The normalized spacial score (nSPS) is 11.2. The summed E-state index contributed by atoms with van der Waals surface area (Å²) < 4.78 is 4.95. The molecule has 0 aliphatic carbocycles. The quantitative estimate of drug-likeness (QED) is 0.798. The van der Waals surface area contributed by atoms with E-state index in [4.69, 9.17) is 4.74 Å². The van der Waals surface area contributed by atoms with Crippen molar-refractivity contribution in [1.29, 1.82) is 0 Å². The van der Waals surface area contributed by atoms with Crippen molar-refractivity contribution in [2.24, 2.45) is 0 Å². The third kappa shape index (κ3) is 5.31. The Morgan fingerprint density at radius 1 is 1.17 bits per heavy atom. The topological polar surface area (TPSA) is 76.1 Å². The summed E-state index contributed by atoms with van der Waals surface area (Å²) in [4.78, 5) is 21.3. The maximum Gasteiger partial charge on any atom is 0.270 e. The van der Waals surface area contributed by atoms with Crippen molar-refractivity contribution in [1.82, 2.24) is 15.3 Å². The van der Waals surface area contributed by atoms with Crippen molar-refractivity contribution in [2.75, 3.05) is 25.6 Å². The number of carbonyl (C=O) groups excluding carboxylic acids is 1. The average molecular weight is 328 g/mol. The monoisotopic (exact) mass is 328 g/mol. The molecule has 0 radical (unpaired) electrons. The number of nitrogens with one attached hydrogen (secondary N) is 2. The van der Waals surface area contributed by atoms with E-state index in [9.17, 15) is 4.79 Å². The average Bonchev–Trinajstić information content (AvgIpc) is 2.54. The highest BCUT2D eigenvalue weighted by Gasteiger charge is 2.16. The van der Waals surface area contributed by atoms with Crippen LogP contribution in [0.3, 0.4) is 0 Å². The molecule has 24 heavy (non-hydrogen) atoms. The molecule has 0 aliphatic heterocycles. The lowest BCUT2D eigenvalue weighted by Crippen LogP contribution is -2.29. The molecule has 6 heteroatoms. The van der Waals surface area contributed by atoms with Crippen LogP contribution in [0.4, 0.5) is 5.82 Å². The summed E-state index contributed by atoms with van der Waals surface area (Å²) in [7, 11) is 1.59. The Morgan fingerprint density at radius 3 is 2.50 bits per heavy atom. The smallest absolute Gasteiger partial charge is 0.270 e. The number of aromatic nitrogens is 2. The molecule has 1 amide bonds. The molecule has 1 heterocycles. The van der Waals surface area contributed by atoms with Gasteiger partial charge in [-0.25, -0.2) is 9.97 Å². The first-order valence-electron chi connectivity index (χ1n) is 7.89. The van der Waals surface area contributed by atoms with E-state index in [1.807, 2.05) is 51.1 Å². The molecule has 0 bridgehead atoms. The molecule has 1 aromatic heterocycles. The number of ether oxygens (including phenoxy) is 1. The zero-order chi connectivity index (χ0) is 17.6. The van der Waals surface area contributed by atoms with Crippen LogP contribution in [0.1, 0.15) is 31.3 Å². The van der Waals surface area contributed by atoms with E-state index in [-0.39, 0.29) is 11.4 Å². The molecular formula is C18H24N4O2. The van der Waals surface area contributed by atoms with E-state index in [1.165, 1.54) is 0 Å². The number of methoxy groups -OCH3 is 1. The third-order valence-corrected chi connectivity index (χ3v) is 3.09. The number of hydrogen-bond acceptors (Lipinski definition) is 5. The fourth-order valence-electron chi connectivity index (χ4n) is 2.09. The minimum atomic E-state index is -0.247. The predicted molar refractivity (Wildman–Crippen MR) is 95.1 cm³/mol. The van der Waals surface area contributed by atoms with Crippen LogP contribution in [0.15, 0.2) is 36.4 Å². The fourth-order valence-corrected chi connectivity index (χ4v) is 2.09. The van der Waals surface area contributed by atoms with Crippen LogP contribution in [0.2, 0.25) is 0 Å². The minimum absolute atomic E-state index is 0.174. The van der Waals surface area contributed by atoms with E-state index in [2.05, 4.69) is 20.6 Å². The maximum absolute atomic E-state index is 12.3. The van der Waals surface area contributed by atoms with E-state index in [0.29, 0.717) is 30.5 Å². The minimum Gasteiger partial charge on any atom is -0.383 e. The second kappa shape index (κ2) is 7.88. The van der Waals surface area contributed by atoms with Crippen molar-refractivity contribution in [3.63, 3.8) is 0 Å². The lowest BCUT2D eigenvalue weighted by Gasteiger charge is -2.22. The standard InChI is InChI=1S/C18H24N4O2/c1-18(2,3)22-15-12-14(17(23)19-10-11-24-4)20-16(21-15)13-8-6-5-7-9-13/h5-9,12H,10-11H2,1-4H3,(H,19,23)(H,20,21,22). The third-order valence-electron chi connectivity index (χ3n) is 3.09. The Morgan fingerprint density at radius 2 is 1.88 bits per heavy atom. The van der Waals surface area contributed by atoms with Crippen molar-refractivity contribution in [2.45, 2.75) is 26.3 Å². The van der Waals surface area contributed by atoms with Gasteiger partial charge in [-0.1, -0.05) is 30.3 Å². The maximum atomic E-state index is 12.3. The molecule has 6 nitrogen and oxygen atoms in total. The van der Waals surface area contributed by atoms with Crippen LogP contribution in [0.25, 0.3) is 11.4 Å². The molecule has 2 N–H and O–H groups in total. The number of anilines is 1. The summed E-state index contributed by atoms with van der Waals surface area (Å²) in [6.07, 6.45) is 0. The number of nitrogens with zero attached hydrogens (tertiary/aromatic N) is 2. The van der Waals surface area contributed by atoms with Gasteiger partial charge in [0, 0.05) is 30.8 Å². The Hall–Kier alpha value is -2.47. The molecule has 128 valence electrons. The molecule has 2 aromatic rings. The van der Waals surface area contributed by atoms with E-state index in [1.54, 1.807) is 13.2 Å². The Kier molecular flexibility index (Phi) is 5.87. The summed E-state index contributed by atoms with van der Waals surface area (Å²) >= 11 is 0. The Bertz CT molecular complexity index is 681. The van der Waals surface area contributed by atoms with Crippen molar-refractivity contribution < 1.29 is 9.53 Å². The molecule has 0 aliphatic rings. The summed E-state index contributed by atoms with van der Waals surface area (Å²) in [6.45, 7) is 7.00. The molecule has 0 spiro atoms. The van der Waals surface area contributed by atoms with Crippen LogP contribution in [-0.4, -0.2) is 41.7 Å². The van der Waals surface area contributed by atoms with E-state index in [0.717, 1.165) is 5.56 Å². The second-order valence-electron chi connectivity index (χ2n) is 6.45. The van der Waals surface area contributed by atoms with Gasteiger partial charge in [0.2, 0.25) is 0 Å². The fraction of sp³-hybridized carbons (Fsp3) is 0.389. The summed E-state index contributed by atoms with van der Waals surface area (Å²) in [5.74, 6) is 0.888. The Balaban J connectivity index is 2.35. The van der Waals surface area contributed by atoms with Gasteiger partial charge in [-0.05, 0) is 20.8 Å². The lowest BCUT2D eigenvalue weighted by molar-refractivity contribution is 0.0932. The van der Waals surface area contributed by atoms with Gasteiger partial charge in [0.05, 0.1) is 6.61 Å². The first-order valence-corrected chi connectivity index (χ1v) is 7.89. The zero-order valence-corrected chi connectivity index (χ0v) is 14.6. The number of carbonyl (C=O) groups is 1. The van der Waals surface area contributed by atoms with Crippen LogP contribution in [0, 0.1) is 0 Å². The van der Waals surface area contributed by atoms with Crippen molar-refractivity contribution >= 4 is 11.7 Å². The predicted octanol–water partition coefficient (Wildman–Crippen LogP) is 2.73. The molecular weight excluding hydrogens is 304 g/mol. The molecule has 0 fully saturated rings. The molecule has 0 saturated heterocycles. The van der Waals surface area contributed by atoms with Gasteiger partial charge in [0.15, 0.2) is 5.82 Å². The van der Waals surface area contributed by atoms with Crippen molar-refractivity contribution in [3.8, 4) is 11.4 Å². The first kappa shape index (κ1) is 17.9. The molecule has 0 atom stereocenters. The van der Waals surface area contributed by atoms with Gasteiger partial charge in [0.1, 0.15) is 11.5 Å². The second-order valence-corrected chi connectivity index (χ2v) is 6.45. The lowest BCUT2D eigenvalue weighted by atomic mass is 10.1. The van der Waals surface area contributed by atoms with Crippen LogP contribution in [-0.2, 0) is 4.74 Å². The Labute approximate surface area is 142 Å². The molecule has 1 aromatic carbocycles. The van der Waals surface area contributed by atoms with Crippen LogP contribution >= 0.6 is 0 Å². The number of benzene rings is 1. The highest BCUT2D eigenvalue weighted by Crippen LogP contribution is 2.20. The highest BCUT2D eigenvalue weighted by molar-refractivity contribution is 5.93. The van der Waals surface area contributed by atoms with Gasteiger partial charge in [-0.2, -0.15) is 0 Å². The van der Waals surface area contributed by atoms with E-state index < -0.39 is 0 Å². The van der Waals surface area contributed by atoms with Crippen LogP contribution < -0.4 is 10.6 Å².